The zero-order chi connectivity index (χ0) is 24.1. The first-order chi connectivity index (χ1) is 15.0. The molecule has 1 atom stereocenters. The molecule has 174 valence electrons. The summed E-state index contributed by atoms with van der Waals surface area (Å²) in [6, 6.07) is 10.3. The largest absolute Gasteiger partial charge is 0.357 e. The highest BCUT2D eigenvalue weighted by molar-refractivity contribution is 7.92. The van der Waals surface area contributed by atoms with E-state index < -0.39 is 34.4 Å². The lowest BCUT2D eigenvalue weighted by Crippen LogP contribution is -2.51. The summed E-state index contributed by atoms with van der Waals surface area (Å²) in [4.78, 5) is 27.3. The van der Waals surface area contributed by atoms with Gasteiger partial charge in [-0.15, -0.1) is 0 Å². The number of hydrogen-bond donors (Lipinski definition) is 1. The summed E-state index contributed by atoms with van der Waals surface area (Å²) < 4.78 is 25.9. The van der Waals surface area contributed by atoms with Crippen LogP contribution in [0.5, 0.6) is 0 Å². The molecule has 0 fully saturated rings. The van der Waals surface area contributed by atoms with Gasteiger partial charge in [0, 0.05) is 29.2 Å². The Labute approximate surface area is 203 Å². The van der Waals surface area contributed by atoms with E-state index in [4.69, 9.17) is 34.8 Å². The Morgan fingerprint density at radius 2 is 1.56 bits per heavy atom. The van der Waals surface area contributed by atoms with Crippen LogP contribution in [0.2, 0.25) is 15.1 Å². The number of para-hydroxylation sites is 1. The van der Waals surface area contributed by atoms with E-state index in [9.17, 15) is 18.0 Å². The quantitative estimate of drug-likeness (QED) is 0.542. The van der Waals surface area contributed by atoms with Crippen molar-refractivity contribution in [2.45, 2.75) is 25.9 Å². The minimum atomic E-state index is -3.87. The average molecular weight is 521 g/mol. The van der Waals surface area contributed by atoms with Crippen molar-refractivity contribution in [2.75, 3.05) is 24.2 Å². The van der Waals surface area contributed by atoms with Crippen LogP contribution in [-0.4, -0.2) is 51.0 Å². The average Bonchev–Trinajstić information content (AvgIpc) is 2.73. The molecule has 0 heterocycles. The molecule has 32 heavy (non-hydrogen) atoms. The molecule has 0 aliphatic heterocycles. The molecular weight excluding hydrogens is 497 g/mol. The number of sulfonamides is 1. The van der Waals surface area contributed by atoms with Crippen molar-refractivity contribution in [1.82, 2.24) is 10.2 Å². The lowest BCUT2D eigenvalue weighted by molar-refractivity contribution is -0.140. The Balaban J connectivity index is 2.50. The van der Waals surface area contributed by atoms with Crippen molar-refractivity contribution in [3.05, 3.63) is 63.1 Å². The third-order valence-corrected chi connectivity index (χ3v) is 6.98. The zero-order valence-corrected chi connectivity index (χ0v) is 20.9. The third kappa shape index (κ3) is 6.28. The fourth-order valence-corrected chi connectivity index (χ4v) is 4.85. The number of hydrogen-bond acceptors (Lipinski definition) is 4. The second-order valence-electron chi connectivity index (χ2n) is 6.98. The van der Waals surface area contributed by atoms with Crippen molar-refractivity contribution in [2.24, 2.45) is 0 Å². The van der Waals surface area contributed by atoms with Crippen molar-refractivity contribution in [3.63, 3.8) is 0 Å². The molecule has 2 aromatic carbocycles. The molecule has 0 aliphatic rings. The van der Waals surface area contributed by atoms with Gasteiger partial charge in [0.25, 0.3) is 0 Å². The van der Waals surface area contributed by atoms with E-state index in [1.807, 2.05) is 0 Å². The Morgan fingerprint density at radius 3 is 2.06 bits per heavy atom. The van der Waals surface area contributed by atoms with Crippen LogP contribution in [0.25, 0.3) is 0 Å². The standard InChI is InChI=1S/C21H24Cl3N3O4S/c1-4-18(21(29)25-2)26(12-14-15(22)9-7-10-16(14)23)20(28)13-27(32(3,30)31)19-11-6-5-8-17(19)24/h5-11,18H,4,12-13H2,1-3H3,(H,25,29)/t18-/m1/s1. The lowest BCUT2D eigenvalue weighted by Gasteiger charge is -2.33. The number of carbonyl (C=O) groups is 2. The molecule has 0 unspecified atom stereocenters. The number of likely N-dealkylation sites (N-methyl/N-ethyl adjacent to an activating group) is 1. The Kier molecular flexibility index (Phi) is 9.21. The predicted octanol–water partition coefficient (Wildman–Crippen LogP) is 3.97. The molecule has 0 aromatic heterocycles. The zero-order valence-electron chi connectivity index (χ0n) is 17.8. The van der Waals surface area contributed by atoms with E-state index in [0.29, 0.717) is 22.0 Å². The topological polar surface area (TPSA) is 86.8 Å². The van der Waals surface area contributed by atoms with Gasteiger partial charge in [-0.25, -0.2) is 8.42 Å². The highest BCUT2D eigenvalue weighted by Gasteiger charge is 2.32. The second kappa shape index (κ2) is 11.2. The molecule has 11 heteroatoms. The molecular formula is C21H24Cl3N3O4S. The summed E-state index contributed by atoms with van der Waals surface area (Å²) >= 11 is 18.8. The molecule has 0 bridgehead atoms. The molecule has 0 aliphatic carbocycles. The van der Waals surface area contributed by atoms with Gasteiger partial charge in [-0.05, 0) is 30.7 Å². The maximum atomic E-state index is 13.4. The van der Waals surface area contributed by atoms with Gasteiger partial charge in [-0.1, -0.05) is 59.9 Å². The molecule has 0 saturated carbocycles. The SMILES string of the molecule is CC[C@H](C(=O)NC)N(Cc1c(Cl)cccc1Cl)C(=O)CN(c1ccccc1Cl)S(C)(=O)=O. The van der Waals surface area contributed by atoms with Gasteiger partial charge in [-0.3, -0.25) is 13.9 Å². The Hall–Kier alpha value is -2.00. The van der Waals surface area contributed by atoms with Crippen LogP contribution in [0.15, 0.2) is 42.5 Å². The summed E-state index contributed by atoms with van der Waals surface area (Å²) in [7, 11) is -2.41. The first-order valence-electron chi connectivity index (χ1n) is 9.67. The Bertz CT molecular complexity index is 1080. The van der Waals surface area contributed by atoms with E-state index in [2.05, 4.69) is 5.32 Å². The normalized spacial score (nSPS) is 12.2. The first-order valence-corrected chi connectivity index (χ1v) is 12.7. The summed E-state index contributed by atoms with van der Waals surface area (Å²) in [5.74, 6) is -1.01. The number of anilines is 1. The van der Waals surface area contributed by atoms with Crippen LogP contribution in [0, 0.1) is 0 Å². The highest BCUT2D eigenvalue weighted by Crippen LogP contribution is 2.29. The predicted molar refractivity (Wildman–Crippen MR) is 129 cm³/mol. The summed E-state index contributed by atoms with van der Waals surface area (Å²) in [5.41, 5.74) is 0.615. The fourth-order valence-electron chi connectivity index (χ4n) is 3.19. The summed E-state index contributed by atoms with van der Waals surface area (Å²) in [6.45, 7) is 1.11. The van der Waals surface area contributed by atoms with Crippen molar-refractivity contribution in [1.29, 1.82) is 0 Å². The smallest absolute Gasteiger partial charge is 0.244 e. The Morgan fingerprint density at radius 1 is 1.00 bits per heavy atom. The third-order valence-electron chi connectivity index (χ3n) is 4.82. The van der Waals surface area contributed by atoms with Gasteiger partial charge in [-0.2, -0.15) is 0 Å². The van der Waals surface area contributed by atoms with E-state index in [1.54, 1.807) is 37.3 Å². The van der Waals surface area contributed by atoms with Crippen LogP contribution >= 0.6 is 34.8 Å². The second-order valence-corrected chi connectivity index (χ2v) is 10.1. The number of benzene rings is 2. The molecule has 0 saturated heterocycles. The molecule has 0 radical (unpaired) electrons. The monoisotopic (exact) mass is 519 g/mol. The number of carbonyl (C=O) groups excluding carboxylic acids is 2. The number of amides is 2. The molecule has 2 rings (SSSR count). The van der Waals surface area contributed by atoms with Gasteiger partial charge >= 0.3 is 0 Å². The maximum Gasteiger partial charge on any atom is 0.244 e. The first kappa shape index (κ1) is 26.3. The van der Waals surface area contributed by atoms with Gasteiger partial charge in [0.15, 0.2) is 0 Å². The van der Waals surface area contributed by atoms with Gasteiger partial charge in [0.05, 0.1) is 17.0 Å². The molecule has 2 amide bonds. The van der Waals surface area contributed by atoms with Crippen LogP contribution in [0.1, 0.15) is 18.9 Å². The van der Waals surface area contributed by atoms with Crippen molar-refractivity contribution < 1.29 is 18.0 Å². The van der Waals surface area contributed by atoms with Crippen molar-refractivity contribution in [3.8, 4) is 0 Å². The number of nitrogens with zero attached hydrogens (tertiary/aromatic N) is 2. The lowest BCUT2D eigenvalue weighted by atomic mass is 10.1. The van der Waals surface area contributed by atoms with Gasteiger partial charge in [0.2, 0.25) is 21.8 Å². The van der Waals surface area contributed by atoms with E-state index in [1.165, 1.54) is 24.1 Å². The van der Waals surface area contributed by atoms with Crippen molar-refractivity contribution >= 4 is 62.3 Å². The number of halogens is 3. The van der Waals surface area contributed by atoms with Gasteiger partial charge < -0.3 is 10.2 Å². The minimum Gasteiger partial charge on any atom is -0.357 e. The van der Waals surface area contributed by atoms with Crippen LogP contribution in [0.4, 0.5) is 5.69 Å². The molecule has 7 nitrogen and oxygen atoms in total. The van der Waals surface area contributed by atoms with Crippen LogP contribution in [0.3, 0.4) is 0 Å². The van der Waals surface area contributed by atoms with Crippen LogP contribution in [-0.2, 0) is 26.2 Å². The van der Waals surface area contributed by atoms with E-state index in [-0.39, 0.29) is 17.3 Å². The fraction of sp³-hybridized carbons (Fsp3) is 0.333. The molecule has 2 aromatic rings. The highest BCUT2D eigenvalue weighted by atomic mass is 35.5. The summed E-state index contributed by atoms with van der Waals surface area (Å²) in [6.07, 6.45) is 1.27. The number of rotatable bonds is 9. The molecule has 0 spiro atoms. The van der Waals surface area contributed by atoms with E-state index >= 15 is 0 Å². The molecule has 1 N–H and O–H groups in total. The van der Waals surface area contributed by atoms with Gasteiger partial charge in [0.1, 0.15) is 12.6 Å². The van der Waals surface area contributed by atoms with E-state index in [0.717, 1.165) is 10.6 Å². The maximum absolute atomic E-state index is 13.4. The van der Waals surface area contributed by atoms with Crippen LogP contribution < -0.4 is 9.62 Å². The number of nitrogens with one attached hydrogen (secondary N) is 1. The summed E-state index contributed by atoms with van der Waals surface area (Å²) in [5, 5.41) is 3.36. The minimum absolute atomic E-state index is 0.0800.